The summed E-state index contributed by atoms with van der Waals surface area (Å²) in [5.41, 5.74) is 4.73. The number of rotatable bonds is 11. The lowest BCUT2D eigenvalue weighted by molar-refractivity contribution is 0.550. The standard InChI is InChI=1S/C30H33N5O/c36-30-33-29(32-18-17-27(24-11-4-1-5-12-24)25-13-6-2-7-14-25)28(26-15-8-3-9-16-26)35(30)21-10-20-34-22-19-31-23-34/h1-8,11-15,19,22-23,27,32H,9-10,16-18,20-21H2,(H,33,36). The van der Waals surface area contributed by atoms with E-state index < -0.39 is 0 Å². The lowest BCUT2D eigenvalue weighted by Crippen LogP contribution is -2.20. The highest BCUT2D eigenvalue weighted by atomic mass is 16.1. The van der Waals surface area contributed by atoms with Gasteiger partial charge in [-0.3, -0.25) is 9.55 Å². The van der Waals surface area contributed by atoms with Crippen molar-refractivity contribution in [2.24, 2.45) is 0 Å². The normalized spacial score (nSPS) is 13.2. The summed E-state index contributed by atoms with van der Waals surface area (Å²) in [4.78, 5) is 20.3. The van der Waals surface area contributed by atoms with Crippen molar-refractivity contribution in [3.63, 3.8) is 0 Å². The smallest absolute Gasteiger partial charge is 0.327 e. The summed E-state index contributed by atoms with van der Waals surface area (Å²) in [7, 11) is 0. The highest BCUT2D eigenvalue weighted by Gasteiger charge is 2.19. The fraction of sp³-hybridized carbons (Fsp3) is 0.267. The average Bonchev–Trinajstić information content (AvgIpc) is 3.56. The quantitative estimate of drug-likeness (QED) is 0.284. The summed E-state index contributed by atoms with van der Waals surface area (Å²) in [5, 5.41) is 3.59. The van der Waals surface area contributed by atoms with Crippen molar-refractivity contribution in [2.45, 2.75) is 44.7 Å². The van der Waals surface area contributed by atoms with Gasteiger partial charge in [0.05, 0.1) is 12.0 Å². The van der Waals surface area contributed by atoms with Crippen molar-refractivity contribution in [1.82, 2.24) is 19.1 Å². The molecule has 1 aliphatic carbocycles. The average molecular weight is 480 g/mol. The van der Waals surface area contributed by atoms with Gasteiger partial charge < -0.3 is 9.88 Å². The summed E-state index contributed by atoms with van der Waals surface area (Å²) in [6.07, 6.45) is 15.7. The van der Waals surface area contributed by atoms with Crippen molar-refractivity contribution in [2.75, 3.05) is 11.9 Å². The number of H-pyrrole nitrogens is 1. The molecule has 36 heavy (non-hydrogen) atoms. The minimum atomic E-state index is -0.0590. The molecular weight excluding hydrogens is 446 g/mol. The van der Waals surface area contributed by atoms with Crippen LogP contribution < -0.4 is 11.0 Å². The van der Waals surface area contributed by atoms with Gasteiger partial charge >= 0.3 is 5.69 Å². The van der Waals surface area contributed by atoms with E-state index in [4.69, 9.17) is 0 Å². The van der Waals surface area contributed by atoms with Crippen LogP contribution in [0.4, 0.5) is 5.82 Å². The summed E-state index contributed by atoms with van der Waals surface area (Å²) >= 11 is 0. The van der Waals surface area contributed by atoms with Crippen LogP contribution in [0.5, 0.6) is 0 Å². The van der Waals surface area contributed by atoms with E-state index in [0.717, 1.165) is 50.3 Å². The van der Waals surface area contributed by atoms with E-state index in [1.807, 2.05) is 21.7 Å². The first-order chi connectivity index (χ1) is 17.8. The maximum atomic E-state index is 13.0. The minimum absolute atomic E-state index is 0.0590. The molecule has 0 unspecified atom stereocenters. The van der Waals surface area contributed by atoms with Gasteiger partial charge in [-0.05, 0) is 42.4 Å². The number of anilines is 1. The van der Waals surface area contributed by atoms with Crippen LogP contribution in [0, 0.1) is 0 Å². The molecule has 1 aliphatic rings. The summed E-state index contributed by atoms with van der Waals surface area (Å²) in [6, 6.07) is 21.3. The zero-order valence-corrected chi connectivity index (χ0v) is 20.5. The zero-order chi connectivity index (χ0) is 24.6. The number of aromatic nitrogens is 4. The Kier molecular flexibility index (Phi) is 7.61. The van der Waals surface area contributed by atoms with Gasteiger partial charge in [-0.25, -0.2) is 9.78 Å². The third-order valence-corrected chi connectivity index (χ3v) is 6.80. The molecule has 0 saturated heterocycles. The van der Waals surface area contributed by atoms with Crippen molar-refractivity contribution >= 4 is 11.4 Å². The molecule has 0 radical (unpaired) electrons. The summed E-state index contributed by atoms with van der Waals surface area (Å²) in [5.74, 6) is 1.10. The van der Waals surface area contributed by atoms with E-state index in [1.54, 1.807) is 6.20 Å². The van der Waals surface area contributed by atoms with Crippen molar-refractivity contribution in [3.8, 4) is 0 Å². The van der Waals surface area contributed by atoms with Crippen LogP contribution in [0.15, 0.2) is 102 Å². The summed E-state index contributed by atoms with van der Waals surface area (Å²) in [6.45, 7) is 2.23. The molecule has 2 heterocycles. The molecule has 5 rings (SSSR count). The number of aryl methyl sites for hydroxylation is 1. The second kappa shape index (κ2) is 11.6. The molecule has 0 spiro atoms. The monoisotopic (exact) mass is 479 g/mol. The number of hydrogen-bond donors (Lipinski definition) is 2. The van der Waals surface area contributed by atoms with E-state index >= 15 is 0 Å². The van der Waals surface area contributed by atoms with E-state index in [9.17, 15) is 4.79 Å². The molecule has 2 N–H and O–H groups in total. The fourth-order valence-electron chi connectivity index (χ4n) is 5.01. The SMILES string of the molecule is O=c1[nH]c(NCCC(c2ccccc2)c2ccccc2)c(C2=CC=CCC2)n1CCCn1ccnc1. The lowest BCUT2D eigenvalue weighted by Gasteiger charge is -2.19. The van der Waals surface area contributed by atoms with Crippen molar-refractivity contribution in [1.29, 1.82) is 0 Å². The molecule has 0 bridgehead atoms. The Hall–Kier alpha value is -4.06. The molecule has 0 aliphatic heterocycles. The van der Waals surface area contributed by atoms with Crippen LogP contribution in [-0.2, 0) is 13.1 Å². The minimum Gasteiger partial charge on any atom is -0.370 e. The molecular formula is C30H33N5O. The molecule has 4 aromatic rings. The van der Waals surface area contributed by atoms with Gasteiger partial charge in [0.1, 0.15) is 5.82 Å². The van der Waals surface area contributed by atoms with E-state index in [2.05, 4.69) is 94.2 Å². The molecule has 184 valence electrons. The third-order valence-electron chi connectivity index (χ3n) is 6.80. The predicted octanol–water partition coefficient (Wildman–Crippen LogP) is 5.83. The van der Waals surface area contributed by atoms with Crippen LogP contribution in [0.2, 0.25) is 0 Å². The Morgan fingerprint density at radius 3 is 2.39 bits per heavy atom. The first kappa shape index (κ1) is 23.7. The lowest BCUT2D eigenvalue weighted by atomic mass is 9.88. The molecule has 0 amide bonds. The second-order valence-electron chi connectivity index (χ2n) is 9.21. The number of allylic oxidation sites excluding steroid dienone is 4. The Bertz CT molecular complexity index is 1310. The first-order valence-electron chi connectivity index (χ1n) is 12.8. The van der Waals surface area contributed by atoms with Crippen LogP contribution in [-0.4, -0.2) is 25.6 Å². The summed E-state index contributed by atoms with van der Waals surface area (Å²) < 4.78 is 3.95. The Morgan fingerprint density at radius 2 is 1.75 bits per heavy atom. The van der Waals surface area contributed by atoms with Crippen LogP contribution in [0.1, 0.15) is 48.4 Å². The molecule has 0 atom stereocenters. The highest BCUT2D eigenvalue weighted by molar-refractivity contribution is 5.74. The zero-order valence-electron chi connectivity index (χ0n) is 20.5. The fourth-order valence-corrected chi connectivity index (χ4v) is 5.01. The van der Waals surface area contributed by atoms with Gasteiger partial charge in [0, 0.05) is 37.9 Å². The Balaban J connectivity index is 1.35. The van der Waals surface area contributed by atoms with Gasteiger partial charge in [-0.2, -0.15) is 0 Å². The number of imidazole rings is 2. The number of nitrogens with one attached hydrogen (secondary N) is 2. The molecule has 6 heteroatoms. The molecule has 2 aromatic heterocycles. The maximum absolute atomic E-state index is 13.0. The Labute approximate surface area is 212 Å². The maximum Gasteiger partial charge on any atom is 0.327 e. The molecule has 0 saturated carbocycles. The van der Waals surface area contributed by atoms with Gasteiger partial charge in [0.2, 0.25) is 0 Å². The van der Waals surface area contributed by atoms with Crippen molar-refractivity contribution in [3.05, 3.63) is 125 Å². The van der Waals surface area contributed by atoms with E-state index in [0.29, 0.717) is 6.54 Å². The second-order valence-corrected chi connectivity index (χ2v) is 9.21. The number of nitrogens with zero attached hydrogens (tertiary/aromatic N) is 3. The van der Waals surface area contributed by atoms with Gasteiger partial charge in [0.25, 0.3) is 0 Å². The van der Waals surface area contributed by atoms with E-state index in [-0.39, 0.29) is 11.6 Å². The largest absolute Gasteiger partial charge is 0.370 e. The predicted molar refractivity (Wildman–Crippen MR) is 146 cm³/mol. The highest BCUT2D eigenvalue weighted by Crippen LogP contribution is 2.30. The van der Waals surface area contributed by atoms with Crippen molar-refractivity contribution < 1.29 is 0 Å². The van der Waals surface area contributed by atoms with Crippen LogP contribution in [0.25, 0.3) is 5.57 Å². The topological polar surface area (TPSA) is 67.6 Å². The molecule has 0 fully saturated rings. The Morgan fingerprint density at radius 1 is 1.00 bits per heavy atom. The number of benzene rings is 2. The van der Waals surface area contributed by atoms with Gasteiger partial charge in [-0.1, -0.05) is 78.9 Å². The number of aromatic amines is 1. The van der Waals surface area contributed by atoms with Crippen LogP contribution >= 0.6 is 0 Å². The molecule has 2 aromatic carbocycles. The van der Waals surface area contributed by atoms with Crippen LogP contribution in [0.3, 0.4) is 0 Å². The van der Waals surface area contributed by atoms with E-state index in [1.165, 1.54) is 16.7 Å². The molecule has 6 nitrogen and oxygen atoms in total. The number of hydrogen-bond acceptors (Lipinski definition) is 3. The van der Waals surface area contributed by atoms with Gasteiger partial charge in [0.15, 0.2) is 0 Å². The van der Waals surface area contributed by atoms with Gasteiger partial charge in [-0.15, -0.1) is 0 Å². The first-order valence-corrected chi connectivity index (χ1v) is 12.8. The third kappa shape index (κ3) is 5.60.